The predicted octanol–water partition coefficient (Wildman–Crippen LogP) is 2.25. The third-order valence-electron chi connectivity index (χ3n) is 3.33. The van der Waals surface area contributed by atoms with Crippen molar-refractivity contribution in [1.29, 1.82) is 0 Å². The summed E-state index contributed by atoms with van der Waals surface area (Å²) in [6, 6.07) is 5.52. The van der Waals surface area contributed by atoms with E-state index >= 15 is 0 Å². The number of nitrogens with zero attached hydrogens (tertiary/aromatic N) is 4. The van der Waals surface area contributed by atoms with Gasteiger partial charge in [0.2, 0.25) is 0 Å². The van der Waals surface area contributed by atoms with Gasteiger partial charge in [-0.25, -0.2) is 0 Å². The summed E-state index contributed by atoms with van der Waals surface area (Å²) in [5.74, 6) is 0.255. The van der Waals surface area contributed by atoms with E-state index in [-0.39, 0.29) is 5.91 Å². The molecule has 0 aliphatic heterocycles. The van der Waals surface area contributed by atoms with Gasteiger partial charge in [0.05, 0.1) is 17.0 Å². The lowest BCUT2D eigenvalue weighted by Gasteiger charge is -1.99. The lowest BCUT2D eigenvalue weighted by Crippen LogP contribution is -2.12. The van der Waals surface area contributed by atoms with Gasteiger partial charge in [0.25, 0.3) is 5.91 Å². The molecule has 1 amide bonds. The first-order chi connectivity index (χ1) is 10.7. The van der Waals surface area contributed by atoms with Crippen LogP contribution in [0.4, 0.5) is 5.82 Å². The van der Waals surface area contributed by atoms with Crippen LogP contribution in [0.3, 0.4) is 0 Å². The molecule has 22 heavy (non-hydrogen) atoms. The molecule has 0 radical (unpaired) electrons. The molecule has 0 fully saturated rings. The first-order valence-corrected chi connectivity index (χ1v) is 6.98. The molecule has 0 saturated heterocycles. The molecular formula is C15H16N6O. The average molecular weight is 296 g/mol. The van der Waals surface area contributed by atoms with Gasteiger partial charge in [0.1, 0.15) is 0 Å². The molecule has 0 aliphatic carbocycles. The molecule has 0 bridgehead atoms. The van der Waals surface area contributed by atoms with E-state index in [1.165, 1.54) is 0 Å². The maximum absolute atomic E-state index is 12.3. The maximum atomic E-state index is 12.3. The zero-order valence-corrected chi connectivity index (χ0v) is 12.4. The normalized spacial score (nSPS) is 10.6. The molecule has 2 N–H and O–H groups in total. The number of aromatic nitrogens is 5. The first-order valence-electron chi connectivity index (χ1n) is 6.98. The zero-order chi connectivity index (χ0) is 15.5. The summed E-state index contributed by atoms with van der Waals surface area (Å²) in [7, 11) is 0. The van der Waals surface area contributed by atoms with Gasteiger partial charge in [-0.3, -0.25) is 19.6 Å². The number of aromatic amines is 1. The third-order valence-corrected chi connectivity index (χ3v) is 3.33. The molecule has 0 aliphatic rings. The number of carbonyl (C=O) groups is 1. The van der Waals surface area contributed by atoms with Crippen molar-refractivity contribution in [3.05, 3.63) is 48.0 Å². The Kier molecular flexibility index (Phi) is 3.69. The van der Waals surface area contributed by atoms with Gasteiger partial charge in [-0.05, 0) is 26.0 Å². The second-order valence-corrected chi connectivity index (χ2v) is 4.84. The van der Waals surface area contributed by atoms with E-state index in [0.717, 1.165) is 17.8 Å². The Morgan fingerprint density at radius 2 is 2.14 bits per heavy atom. The van der Waals surface area contributed by atoms with Crippen LogP contribution in [0.1, 0.15) is 23.0 Å². The highest BCUT2D eigenvalue weighted by Crippen LogP contribution is 2.19. The first kappa shape index (κ1) is 14.0. The topological polar surface area (TPSA) is 88.5 Å². The molecule has 0 saturated carbocycles. The van der Waals surface area contributed by atoms with Crippen molar-refractivity contribution in [1.82, 2.24) is 25.0 Å². The molecule has 0 atom stereocenters. The van der Waals surface area contributed by atoms with E-state index in [2.05, 4.69) is 25.6 Å². The number of rotatable bonds is 4. The van der Waals surface area contributed by atoms with Crippen LogP contribution < -0.4 is 5.32 Å². The monoisotopic (exact) mass is 296 g/mol. The highest BCUT2D eigenvalue weighted by molar-refractivity contribution is 6.04. The minimum Gasteiger partial charge on any atom is -0.305 e. The quantitative estimate of drug-likeness (QED) is 0.773. The van der Waals surface area contributed by atoms with E-state index in [4.69, 9.17) is 0 Å². The van der Waals surface area contributed by atoms with Crippen molar-refractivity contribution in [3.63, 3.8) is 0 Å². The lowest BCUT2D eigenvalue weighted by molar-refractivity contribution is 0.102. The fourth-order valence-electron chi connectivity index (χ4n) is 2.15. The molecule has 3 heterocycles. The number of hydrogen-bond donors (Lipinski definition) is 2. The molecule has 3 aromatic rings. The van der Waals surface area contributed by atoms with E-state index in [0.29, 0.717) is 17.1 Å². The van der Waals surface area contributed by atoms with Crippen LogP contribution in [0.5, 0.6) is 0 Å². The Balaban J connectivity index is 1.77. The second kappa shape index (κ2) is 5.80. The number of carbonyl (C=O) groups excluding carboxylic acids is 1. The van der Waals surface area contributed by atoms with Gasteiger partial charge in [0, 0.05) is 36.8 Å². The zero-order valence-electron chi connectivity index (χ0n) is 12.4. The van der Waals surface area contributed by atoms with Crippen LogP contribution in [-0.4, -0.2) is 30.9 Å². The van der Waals surface area contributed by atoms with Crippen LogP contribution in [0.2, 0.25) is 0 Å². The number of anilines is 1. The third kappa shape index (κ3) is 2.73. The standard InChI is InChI=1S/C15H16N6O/c1-3-21-9-12(10(2)20-21)15(22)17-14-8-13(18-19-14)11-4-6-16-7-5-11/h4-9H,3H2,1-2H3,(H2,17,18,19,22). The van der Waals surface area contributed by atoms with Gasteiger partial charge in [0.15, 0.2) is 5.82 Å². The van der Waals surface area contributed by atoms with Gasteiger partial charge in [-0.1, -0.05) is 0 Å². The Morgan fingerprint density at radius 1 is 1.36 bits per heavy atom. The SMILES string of the molecule is CCn1cc(C(=O)Nc2cc(-c3ccncc3)[nH]n2)c(C)n1. The highest BCUT2D eigenvalue weighted by atomic mass is 16.1. The van der Waals surface area contributed by atoms with Gasteiger partial charge in [-0.15, -0.1) is 0 Å². The summed E-state index contributed by atoms with van der Waals surface area (Å²) >= 11 is 0. The van der Waals surface area contributed by atoms with Crippen LogP contribution in [-0.2, 0) is 6.54 Å². The summed E-state index contributed by atoms with van der Waals surface area (Å²) in [5.41, 5.74) is 3.02. The van der Waals surface area contributed by atoms with Crippen LogP contribution in [0.15, 0.2) is 36.8 Å². The van der Waals surface area contributed by atoms with Crippen molar-refractivity contribution in [2.45, 2.75) is 20.4 Å². The highest BCUT2D eigenvalue weighted by Gasteiger charge is 2.14. The van der Waals surface area contributed by atoms with Crippen molar-refractivity contribution >= 4 is 11.7 Å². The molecule has 7 nitrogen and oxygen atoms in total. The largest absolute Gasteiger partial charge is 0.305 e. The molecular weight excluding hydrogens is 280 g/mol. The van der Waals surface area contributed by atoms with Crippen molar-refractivity contribution in [2.75, 3.05) is 5.32 Å². The summed E-state index contributed by atoms with van der Waals surface area (Å²) < 4.78 is 1.73. The van der Waals surface area contributed by atoms with Crippen LogP contribution in [0, 0.1) is 6.92 Å². The summed E-state index contributed by atoms with van der Waals surface area (Å²) in [6.07, 6.45) is 5.15. The van der Waals surface area contributed by atoms with E-state index in [1.54, 1.807) is 29.3 Å². The molecule has 0 aromatic carbocycles. The molecule has 0 spiro atoms. The van der Waals surface area contributed by atoms with Gasteiger partial charge >= 0.3 is 0 Å². The van der Waals surface area contributed by atoms with Crippen molar-refractivity contribution < 1.29 is 4.79 Å². The van der Waals surface area contributed by atoms with E-state index in [9.17, 15) is 4.79 Å². The van der Waals surface area contributed by atoms with Crippen LogP contribution in [0.25, 0.3) is 11.3 Å². The van der Waals surface area contributed by atoms with Gasteiger partial charge < -0.3 is 5.32 Å². The Bertz CT molecular complexity index is 789. The molecule has 3 rings (SSSR count). The van der Waals surface area contributed by atoms with Crippen molar-refractivity contribution in [3.8, 4) is 11.3 Å². The second-order valence-electron chi connectivity index (χ2n) is 4.84. The lowest BCUT2D eigenvalue weighted by atomic mass is 10.2. The van der Waals surface area contributed by atoms with Crippen molar-refractivity contribution in [2.24, 2.45) is 0 Å². The van der Waals surface area contributed by atoms with E-state index in [1.807, 2.05) is 26.0 Å². The number of amides is 1. The number of nitrogens with one attached hydrogen (secondary N) is 2. The van der Waals surface area contributed by atoms with Gasteiger partial charge in [-0.2, -0.15) is 10.2 Å². The maximum Gasteiger partial charge on any atom is 0.260 e. The molecule has 112 valence electrons. The number of H-pyrrole nitrogens is 1. The smallest absolute Gasteiger partial charge is 0.260 e. The Morgan fingerprint density at radius 3 is 2.82 bits per heavy atom. The predicted molar refractivity (Wildman–Crippen MR) is 82.4 cm³/mol. The van der Waals surface area contributed by atoms with Crippen LogP contribution >= 0.6 is 0 Å². The summed E-state index contributed by atoms with van der Waals surface area (Å²) in [6.45, 7) is 4.51. The average Bonchev–Trinajstić information content (AvgIpc) is 3.14. The number of pyridine rings is 1. The number of hydrogen-bond acceptors (Lipinski definition) is 4. The number of aryl methyl sites for hydroxylation is 2. The summed E-state index contributed by atoms with van der Waals surface area (Å²) in [5, 5.41) is 14.0. The fourth-order valence-corrected chi connectivity index (χ4v) is 2.15. The minimum absolute atomic E-state index is 0.218. The Hall–Kier alpha value is -2.96. The minimum atomic E-state index is -0.218. The summed E-state index contributed by atoms with van der Waals surface area (Å²) in [4.78, 5) is 16.3. The molecule has 3 aromatic heterocycles. The molecule has 0 unspecified atom stereocenters. The van der Waals surface area contributed by atoms with E-state index < -0.39 is 0 Å². The fraction of sp³-hybridized carbons (Fsp3) is 0.200. The Labute approximate surface area is 127 Å². The molecule has 7 heteroatoms.